The van der Waals surface area contributed by atoms with Gasteiger partial charge in [0.15, 0.2) is 5.96 Å². The lowest BCUT2D eigenvalue weighted by Crippen LogP contribution is -2.42. The molecule has 0 aromatic heterocycles. The molecule has 0 spiro atoms. The number of carbonyl (C=O) groups excluding carboxylic acids is 1. The molecule has 1 amide bonds. The van der Waals surface area contributed by atoms with Crippen molar-refractivity contribution in [3.05, 3.63) is 35.4 Å². The van der Waals surface area contributed by atoms with E-state index in [-0.39, 0.29) is 5.91 Å². The standard InChI is InChI=1S/C23H36N4O/c1-18-10-12-19(13-11-18)15-26(3)23(24-2)25-14-6-9-22(28)27-16-20-7-4-5-8-21(20)17-27/h4-5,7-8,18-19H,6,9-17H2,1-3H3,(H,24,25). The normalized spacial score (nSPS) is 22.1. The minimum Gasteiger partial charge on any atom is -0.356 e. The van der Waals surface area contributed by atoms with Crippen LogP contribution in [0.5, 0.6) is 0 Å². The van der Waals surface area contributed by atoms with Gasteiger partial charge in [-0.05, 0) is 42.2 Å². The minimum absolute atomic E-state index is 0.248. The quantitative estimate of drug-likeness (QED) is 0.463. The number of nitrogens with zero attached hydrogens (tertiary/aromatic N) is 3. The fraction of sp³-hybridized carbons (Fsp3) is 0.652. The Morgan fingerprint density at radius 3 is 2.43 bits per heavy atom. The number of hydrogen-bond donors (Lipinski definition) is 1. The van der Waals surface area contributed by atoms with E-state index >= 15 is 0 Å². The number of benzene rings is 1. The molecule has 0 unspecified atom stereocenters. The molecule has 1 heterocycles. The van der Waals surface area contributed by atoms with E-state index in [4.69, 9.17) is 0 Å². The minimum atomic E-state index is 0.248. The van der Waals surface area contributed by atoms with Crippen LogP contribution in [0.3, 0.4) is 0 Å². The Bertz CT molecular complexity index is 654. The maximum absolute atomic E-state index is 12.5. The first-order valence-electron chi connectivity index (χ1n) is 10.8. The van der Waals surface area contributed by atoms with Gasteiger partial charge >= 0.3 is 0 Å². The van der Waals surface area contributed by atoms with Crippen LogP contribution in [0.1, 0.15) is 56.6 Å². The van der Waals surface area contributed by atoms with Crippen molar-refractivity contribution in [1.82, 2.24) is 15.1 Å². The number of carbonyl (C=O) groups is 1. The highest BCUT2D eigenvalue weighted by molar-refractivity contribution is 5.80. The molecule has 1 fully saturated rings. The number of hydrogen-bond acceptors (Lipinski definition) is 2. The average Bonchev–Trinajstić information content (AvgIpc) is 3.14. The van der Waals surface area contributed by atoms with E-state index in [0.29, 0.717) is 6.42 Å². The summed E-state index contributed by atoms with van der Waals surface area (Å²) in [5.74, 6) is 2.86. The summed E-state index contributed by atoms with van der Waals surface area (Å²) in [6.07, 6.45) is 6.78. The molecule has 154 valence electrons. The van der Waals surface area contributed by atoms with E-state index in [1.165, 1.54) is 36.8 Å². The molecule has 0 bridgehead atoms. The van der Waals surface area contributed by atoms with E-state index in [1.807, 2.05) is 24.1 Å². The van der Waals surface area contributed by atoms with Gasteiger partial charge in [0.05, 0.1) is 0 Å². The van der Waals surface area contributed by atoms with E-state index in [2.05, 4.69) is 41.3 Å². The largest absolute Gasteiger partial charge is 0.356 e. The first-order chi connectivity index (χ1) is 13.6. The lowest BCUT2D eigenvalue weighted by Gasteiger charge is -2.31. The lowest BCUT2D eigenvalue weighted by atomic mass is 9.83. The lowest BCUT2D eigenvalue weighted by molar-refractivity contribution is -0.131. The van der Waals surface area contributed by atoms with Gasteiger partial charge in [-0.15, -0.1) is 0 Å². The number of rotatable bonds is 6. The summed E-state index contributed by atoms with van der Waals surface area (Å²) in [6.45, 7) is 5.73. The highest BCUT2D eigenvalue weighted by Crippen LogP contribution is 2.28. The molecule has 1 aromatic rings. The van der Waals surface area contributed by atoms with Gasteiger partial charge in [0, 0.05) is 46.7 Å². The highest BCUT2D eigenvalue weighted by Gasteiger charge is 2.23. The zero-order valence-corrected chi connectivity index (χ0v) is 17.8. The molecule has 3 rings (SSSR count). The van der Waals surface area contributed by atoms with Gasteiger partial charge < -0.3 is 15.1 Å². The SMILES string of the molecule is CN=C(NCCCC(=O)N1Cc2ccccc2C1)N(C)CC1CCC(C)CC1. The first kappa shape index (κ1) is 20.7. The summed E-state index contributed by atoms with van der Waals surface area (Å²) in [6, 6.07) is 8.34. The summed E-state index contributed by atoms with van der Waals surface area (Å²) in [5, 5.41) is 3.44. The molecular weight excluding hydrogens is 348 g/mol. The predicted octanol–water partition coefficient (Wildman–Crippen LogP) is 3.64. The Kier molecular flexibility index (Phi) is 7.35. The first-order valence-corrected chi connectivity index (χ1v) is 10.8. The molecule has 0 atom stereocenters. The summed E-state index contributed by atoms with van der Waals surface area (Å²) < 4.78 is 0. The van der Waals surface area contributed by atoms with Gasteiger partial charge in [-0.2, -0.15) is 0 Å². The van der Waals surface area contributed by atoms with Crippen LogP contribution >= 0.6 is 0 Å². The van der Waals surface area contributed by atoms with Crippen molar-refractivity contribution in [3.63, 3.8) is 0 Å². The summed E-state index contributed by atoms with van der Waals surface area (Å²) in [7, 11) is 3.97. The van der Waals surface area contributed by atoms with Crippen LogP contribution in [0.25, 0.3) is 0 Å². The Morgan fingerprint density at radius 2 is 1.82 bits per heavy atom. The fourth-order valence-electron chi connectivity index (χ4n) is 4.48. The molecule has 5 heteroatoms. The fourth-order valence-corrected chi connectivity index (χ4v) is 4.48. The zero-order chi connectivity index (χ0) is 19.9. The smallest absolute Gasteiger partial charge is 0.223 e. The van der Waals surface area contributed by atoms with Gasteiger partial charge in [-0.1, -0.05) is 44.0 Å². The second-order valence-corrected chi connectivity index (χ2v) is 8.60. The van der Waals surface area contributed by atoms with Crippen molar-refractivity contribution in [2.45, 2.75) is 58.5 Å². The molecule has 5 nitrogen and oxygen atoms in total. The monoisotopic (exact) mass is 384 g/mol. The van der Waals surface area contributed by atoms with Crippen molar-refractivity contribution in [1.29, 1.82) is 0 Å². The zero-order valence-electron chi connectivity index (χ0n) is 17.8. The predicted molar refractivity (Wildman–Crippen MR) is 115 cm³/mol. The van der Waals surface area contributed by atoms with Crippen LogP contribution in [0.4, 0.5) is 0 Å². The molecule has 1 saturated carbocycles. The van der Waals surface area contributed by atoms with E-state index in [9.17, 15) is 4.79 Å². The molecular formula is C23H36N4O. The van der Waals surface area contributed by atoms with Crippen molar-refractivity contribution >= 4 is 11.9 Å². The summed E-state index contributed by atoms with van der Waals surface area (Å²) in [4.78, 5) is 21.2. The molecule has 1 aromatic carbocycles. The molecule has 1 N–H and O–H groups in total. The van der Waals surface area contributed by atoms with Crippen molar-refractivity contribution in [2.75, 3.05) is 27.2 Å². The maximum atomic E-state index is 12.5. The Hall–Kier alpha value is -2.04. The van der Waals surface area contributed by atoms with Crippen LogP contribution in [-0.4, -0.2) is 48.9 Å². The Balaban J connectivity index is 1.35. The van der Waals surface area contributed by atoms with Crippen LogP contribution in [0.15, 0.2) is 29.3 Å². The van der Waals surface area contributed by atoms with Gasteiger partial charge in [-0.25, -0.2) is 0 Å². The van der Waals surface area contributed by atoms with Gasteiger partial charge in [0.25, 0.3) is 0 Å². The number of guanidine groups is 1. The summed E-state index contributed by atoms with van der Waals surface area (Å²) in [5.41, 5.74) is 2.57. The Labute approximate surface area is 170 Å². The number of amides is 1. The topological polar surface area (TPSA) is 47.9 Å². The van der Waals surface area contributed by atoms with Crippen LogP contribution in [0.2, 0.25) is 0 Å². The van der Waals surface area contributed by atoms with Crippen LogP contribution < -0.4 is 5.32 Å². The Morgan fingerprint density at radius 1 is 1.18 bits per heavy atom. The third-order valence-corrected chi connectivity index (χ3v) is 6.28. The van der Waals surface area contributed by atoms with Gasteiger partial charge in [0.2, 0.25) is 5.91 Å². The summed E-state index contributed by atoms with van der Waals surface area (Å²) >= 11 is 0. The number of fused-ring (bicyclic) bond motifs is 1. The second kappa shape index (κ2) is 9.94. The molecule has 1 aliphatic carbocycles. The van der Waals surface area contributed by atoms with Crippen LogP contribution in [0, 0.1) is 11.8 Å². The van der Waals surface area contributed by atoms with E-state index in [0.717, 1.165) is 50.4 Å². The average molecular weight is 385 g/mol. The maximum Gasteiger partial charge on any atom is 0.223 e. The highest BCUT2D eigenvalue weighted by atomic mass is 16.2. The molecule has 1 aliphatic heterocycles. The third-order valence-electron chi connectivity index (χ3n) is 6.28. The number of nitrogens with one attached hydrogen (secondary N) is 1. The van der Waals surface area contributed by atoms with Crippen molar-refractivity contribution < 1.29 is 4.79 Å². The van der Waals surface area contributed by atoms with Gasteiger partial charge in [-0.3, -0.25) is 9.79 Å². The van der Waals surface area contributed by atoms with Crippen LogP contribution in [-0.2, 0) is 17.9 Å². The molecule has 0 saturated heterocycles. The molecule has 2 aliphatic rings. The third kappa shape index (κ3) is 5.49. The van der Waals surface area contributed by atoms with Gasteiger partial charge in [0.1, 0.15) is 0 Å². The molecule has 28 heavy (non-hydrogen) atoms. The van der Waals surface area contributed by atoms with Crippen molar-refractivity contribution in [2.24, 2.45) is 16.8 Å². The number of aliphatic imine (C=N–C) groups is 1. The van der Waals surface area contributed by atoms with E-state index in [1.54, 1.807) is 0 Å². The van der Waals surface area contributed by atoms with E-state index < -0.39 is 0 Å². The molecule has 0 radical (unpaired) electrons. The van der Waals surface area contributed by atoms with Crippen molar-refractivity contribution in [3.8, 4) is 0 Å². The second-order valence-electron chi connectivity index (χ2n) is 8.60.